The van der Waals surface area contributed by atoms with E-state index in [1.54, 1.807) is 11.6 Å². The molecule has 0 saturated carbocycles. The van der Waals surface area contributed by atoms with Crippen molar-refractivity contribution in [2.45, 2.75) is 25.7 Å². The number of hydrogen-bond acceptors (Lipinski definition) is 4. The van der Waals surface area contributed by atoms with Gasteiger partial charge in [0.15, 0.2) is 0 Å². The normalized spacial score (nSPS) is 14.6. The molecular weight excluding hydrogens is 398 g/mol. The van der Waals surface area contributed by atoms with Crippen LogP contribution in [-0.4, -0.2) is 27.4 Å². The van der Waals surface area contributed by atoms with Gasteiger partial charge in [0, 0.05) is 37.6 Å². The number of nitrogens with zero attached hydrogens (tertiary/aromatic N) is 5. The number of anilines is 1. The van der Waals surface area contributed by atoms with Crippen LogP contribution < -0.4 is 10.5 Å². The Kier molecular flexibility index (Phi) is 5.02. The minimum atomic E-state index is -0.236. The van der Waals surface area contributed by atoms with Crippen LogP contribution in [0.5, 0.6) is 0 Å². The van der Waals surface area contributed by atoms with Gasteiger partial charge >= 0.3 is 0 Å². The summed E-state index contributed by atoms with van der Waals surface area (Å²) >= 11 is 0. The van der Waals surface area contributed by atoms with Gasteiger partial charge < -0.3 is 9.47 Å². The van der Waals surface area contributed by atoms with Crippen LogP contribution in [0.2, 0.25) is 0 Å². The molecule has 6 heteroatoms. The first-order chi connectivity index (χ1) is 15.6. The second-order valence-electron chi connectivity index (χ2n) is 8.45. The molecule has 160 valence electrons. The summed E-state index contributed by atoms with van der Waals surface area (Å²) in [5.41, 5.74) is 5.01. The van der Waals surface area contributed by atoms with Crippen LogP contribution in [0.4, 0.5) is 5.69 Å². The first-order valence-electron chi connectivity index (χ1n) is 11.0. The molecule has 1 aliphatic rings. The van der Waals surface area contributed by atoms with E-state index in [1.165, 1.54) is 5.56 Å². The zero-order valence-corrected chi connectivity index (χ0v) is 18.3. The van der Waals surface area contributed by atoms with Gasteiger partial charge in [-0.15, -0.1) is 0 Å². The molecule has 0 bridgehead atoms. The predicted octanol–water partition coefficient (Wildman–Crippen LogP) is 4.29. The standard InChI is InChI=1S/C26H25N5O/c1-18-7-3-5-9-23(18)31-16-13-22(28-31)19-11-14-30(15-12-19)25-20-8-4-6-10-24(20)29(2)26(32)21(25)17-27/h3-10,13,16,19H,11-12,14-15H2,1-2H3. The molecule has 4 aromatic rings. The maximum Gasteiger partial charge on any atom is 0.270 e. The van der Waals surface area contributed by atoms with Crippen LogP contribution in [0.3, 0.4) is 0 Å². The predicted molar refractivity (Wildman–Crippen MR) is 126 cm³/mol. The van der Waals surface area contributed by atoms with Crippen molar-refractivity contribution in [3.63, 3.8) is 0 Å². The highest BCUT2D eigenvalue weighted by Crippen LogP contribution is 2.34. The maximum absolute atomic E-state index is 12.8. The fourth-order valence-electron chi connectivity index (χ4n) is 4.82. The molecule has 0 amide bonds. The summed E-state index contributed by atoms with van der Waals surface area (Å²) in [4.78, 5) is 15.0. The molecule has 0 aliphatic carbocycles. The molecule has 5 rings (SSSR count). The Bertz CT molecular complexity index is 1400. The molecule has 1 fully saturated rings. The number of pyridine rings is 1. The fourth-order valence-corrected chi connectivity index (χ4v) is 4.82. The molecule has 3 heterocycles. The third-order valence-electron chi connectivity index (χ3n) is 6.59. The van der Waals surface area contributed by atoms with Crippen molar-refractivity contribution >= 4 is 16.6 Å². The Labute approximate surface area is 186 Å². The zero-order chi connectivity index (χ0) is 22.2. The number of nitriles is 1. The van der Waals surface area contributed by atoms with Crippen molar-refractivity contribution in [3.05, 3.63) is 88.0 Å². The topological polar surface area (TPSA) is 66.8 Å². The van der Waals surface area contributed by atoms with Crippen LogP contribution in [0, 0.1) is 18.3 Å². The average Bonchev–Trinajstić information content (AvgIpc) is 3.32. The molecular formula is C26H25N5O. The lowest BCUT2D eigenvalue weighted by Gasteiger charge is -2.34. The highest BCUT2D eigenvalue weighted by Gasteiger charge is 2.27. The summed E-state index contributed by atoms with van der Waals surface area (Å²) < 4.78 is 3.53. The minimum Gasteiger partial charge on any atom is -0.370 e. The van der Waals surface area contributed by atoms with Crippen molar-refractivity contribution in [2.75, 3.05) is 18.0 Å². The molecule has 6 nitrogen and oxygen atoms in total. The zero-order valence-electron chi connectivity index (χ0n) is 18.3. The second kappa shape index (κ2) is 8.01. The SMILES string of the molecule is Cc1ccccc1-n1ccc(C2CCN(c3c(C#N)c(=O)n(C)c4ccccc34)CC2)n1. The van der Waals surface area contributed by atoms with Crippen LogP contribution in [-0.2, 0) is 7.05 Å². The molecule has 0 radical (unpaired) electrons. The number of fused-ring (bicyclic) bond motifs is 1. The lowest BCUT2D eigenvalue weighted by molar-refractivity contribution is 0.493. The second-order valence-corrected chi connectivity index (χ2v) is 8.45. The van der Waals surface area contributed by atoms with Crippen LogP contribution in [0.25, 0.3) is 16.6 Å². The summed E-state index contributed by atoms with van der Waals surface area (Å²) in [7, 11) is 1.73. The Hall–Kier alpha value is -3.85. The van der Waals surface area contributed by atoms with Gasteiger partial charge in [0.2, 0.25) is 0 Å². The molecule has 0 unspecified atom stereocenters. The lowest BCUT2D eigenvalue weighted by Crippen LogP contribution is -2.35. The number of benzene rings is 2. The molecule has 0 atom stereocenters. The van der Waals surface area contributed by atoms with Gasteiger partial charge in [-0.1, -0.05) is 36.4 Å². The first-order valence-corrected chi connectivity index (χ1v) is 11.0. The van der Waals surface area contributed by atoms with E-state index in [1.807, 2.05) is 47.3 Å². The summed E-state index contributed by atoms with van der Waals surface area (Å²) in [6, 6.07) is 20.4. The number of aryl methyl sites for hydroxylation is 2. The lowest BCUT2D eigenvalue weighted by atomic mass is 9.92. The maximum atomic E-state index is 12.8. The van der Waals surface area contributed by atoms with Crippen molar-refractivity contribution in [3.8, 4) is 11.8 Å². The summed E-state index contributed by atoms with van der Waals surface area (Å²) in [5, 5.41) is 15.6. The van der Waals surface area contributed by atoms with Gasteiger partial charge in [0.25, 0.3) is 5.56 Å². The van der Waals surface area contributed by atoms with Crippen molar-refractivity contribution < 1.29 is 0 Å². The van der Waals surface area contributed by atoms with Crippen LogP contribution in [0.15, 0.2) is 65.6 Å². The number of aromatic nitrogens is 3. The molecule has 1 aliphatic heterocycles. The number of hydrogen-bond donors (Lipinski definition) is 0. The van der Waals surface area contributed by atoms with Crippen LogP contribution in [0.1, 0.15) is 35.6 Å². The van der Waals surface area contributed by atoms with E-state index in [2.05, 4.69) is 36.1 Å². The third-order valence-corrected chi connectivity index (χ3v) is 6.59. The molecule has 0 N–H and O–H groups in total. The molecule has 1 saturated heterocycles. The van der Waals surface area contributed by atoms with Crippen molar-refractivity contribution in [2.24, 2.45) is 7.05 Å². The summed E-state index contributed by atoms with van der Waals surface area (Å²) in [6.07, 6.45) is 3.89. The quantitative estimate of drug-likeness (QED) is 0.493. The molecule has 0 spiro atoms. The van der Waals surface area contributed by atoms with Crippen molar-refractivity contribution in [1.82, 2.24) is 14.3 Å². The van der Waals surface area contributed by atoms with Gasteiger partial charge in [-0.3, -0.25) is 4.79 Å². The van der Waals surface area contributed by atoms with Gasteiger partial charge in [-0.2, -0.15) is 10.4 Å². The van der Waals surface area contributed by atoms with Crippen LogP contribution >= 0.6 is 0 Å². The summed E-state index contributed by atoms with van der Waals surface area (Å²) in [6.45, 7) is 3.66. The van der Waals surface area contributed by atoms with E-state index in [4.69, 9.17) is 5.10 Å². The third kappa shape index (κ3) is 3.27. The molecule has 32 heavy (non-hydrogen) atoms. The number of rotatable bonds is 3. The largest absolute Gasteiger partial charge is 0.370 e. The smallest absolute Gasteiger partial charge is 0.270 e. The van der Waals surface area contributed by atoms with Gasteiger partial charge in [0.05, 0.1) is 22.6 Å². The average molecular weight is 424 g/mol. The Morgan fingerprint density at radius 1 is 1.03 bits per heavy atom. The van der Waals surface area contributed by atoms with Crippen molar-refractivity contribution in [1.29, 1.82) is 5.26 Å². The first kappa shape index (κ1) is 20.1. The van der Waals surface area contributed by atoms with Gasteiger partial charge in [-0.25, -0.2) is 4.68 Å². The van der Waals surface area contributed by atoms with E-state index < -0.39 is 0 Å². The molecule has 2 aromatic heterocycles. The Morgan fingerprint density at radius 2 is 1.75 bits per heavy atom. The molecule has 2 aromatic carbocycles. The van der Waals surface area contributed by atoms with Gasteiger partial charge in [0.1, 0.15) is 11.6 Å². The highest BCUT2D eigenvalue weighted by atomic mass is 16.1. The monoisotopic (exact) mass is 423 g/mol. The highest BCUT2D eigenvalue weighted by molar-refractivity contribution is 5.94. The summed E-state index contributed by atoms with van der Waals surface area (Å²) in [5.74, 6) is 0.361. The van der Waals surface area contributed by atoms with Gasteiger partial charge in [-0.05, 0) is 43.5 Å². The minimum absolute atomic E-state index is 0.230. The Balaban J connectivity index is 1.42. The number of piperidine rings is 1. The Morgan fingerprint density at radius 3 is 2.50 bits per heavy atom. The van der Waals surface area contributed by atoms with E-state index in [9.17, 15) is 10.1 Å². The fraction of sp³-hybridized carbons (Fsp3) is 0.269. The van der Waals surface area contributed by atoms with E-state index in [-0.39, 0.29) is 11.1 Å². The van der Waals surface area contributed by atoms with E-state index >= 15 is 0 Å². The van der Waals surface area contributed by atoms with E-state index in [0.717, 1.165) is 53.9 Å². The van der Waals surface area contributed by atoms with E-state index in [0.29, 0.717) is 5.92 Å². The number of para-hydroxylation sites is 2.